The van der Waals surface area contributed by atoms with Crippen molar-refractivity contribution >= 4 is 15.9 Å². The molecule has 1 heterocycles. The van der Waals surface area contributed by atoms with Crippen LogP contribution in [0.25, 0.3) is 0 Å². The number of rotatable bonds is 3. The maximum absolute atomic E-state index is 13.2. The van der Waals surface area contributed by atoms with Crippen LogP contribution in [0.1, 0.15) is 33.0 Å². The second-order valence-electron chi connectivity index (χ2n) is 4.67. The van der Waals surface area contributed by atoms with Crippen molar-refractivity contribution in [1.82, 2.24) is 0 Å². The predicted octanol–water partition coefficient (Wildman–Crippen LogP) is 5.16. The van der Waals surface area contributed by atoms with Crippen molar-refractivity contribution in [3.05, 3.63) is 58.0 Å². The Hall–Kier alpha value is -1.16. The van der Waals surface area contributed by atoms with E-state index >= 15 is 0 Å². The van der Waals surface area contributed by atoms with Gasteiger partial charge in [0.2, 0.25) is 0 Å². The molecule has 0 spiro atoms. The number of hydrogen-bond donors (Lipinski definition) is 0. The fourth-order valence-corrected chi connectivity index (χ4v) is 3.29. The molecule has 2 aromatic rings. The highest BCUT2D eigenvalue weighted by molar-refractivity contribution is 9.09. The highest BCUT2D eigenvalue weighted by atomic mass is 79.9. The first-order valence-electron chi connectivity index (χ1n) is 6.04. The average molecular weight is 329 g/mol. The summed E-state index contributed by atoms with van der Waals surface area (Å²) < 4.78 is 31.7. The van der Waals surface area contributed by atoms with E-state index in [9.17, 15) is 8.78 Å². The first-order chi connectivity index (χ1) is 8.90. The Kier molecular flexibility index (Phi) is 4.09. The molecule has 102 valence electrons. The summed E-state index contributed by atoms with van der Waals surface area (Å²) in [5.74, 6) is 0.122. The smallest absolute Gasteiger partial charge is 0.159 e. The summed E-state index contributed by atoms with van der Waals surface area (Å²) in [4.78, 5) is 0.0230. The summed E-state index contributed by atoms with van der Waals surface area (Å²) >= 11 is 3.60. The van der Waals surface area contributed by atoms with Crippen molar-refractivity contribution in [2.45, 2.75) is 32.0 Å². The maximum atomic E-state index is 13.2. The minimum atomic E-state index is -0.818. The van der Waals surface area contributed by atoms with Crippen LogP contribution in [0.3, 0.4) is 0 Å². The van der Waals surface area contributed by atoms with Crippen molar-refractivity contribution < 1.29 is 13.2 Å². The van der Waals surface area contributed by atoms with Crippen LogP contribution in [0.2, 0.25) is 0 Å². The second-order valence-corrected chi connectivity index (χ2v) is 5.78. The number of furan rings is 1. The monoisotopic (exact) mass is 328 g/mol. The summed E-state index contributed by atoms with van der Waals surface area (Å²) in [5.41, 5.74) is 2.93. The van der Waals surface area contributed by atoms with Gasteiger partial charge in [-0.2, -0.15) is 0 Å². The summed E-state index contributed by atoms with van der Waals surface area (Å²) in [6, 6.07) is 4.00. The van der Waals surface area contributed by atoms with Crippen molar-refractivity contribution in [3.8, 4) is 0 Å². The van der Waals surface area contributed by atoms with E-state index in [-0.39, 0.29) is 4.83 Å². The van der Waals surface area contributed by atoms with E-state index in [1.807, 2.05) is 20.8 Å². The van der Waals surface area contributed by atoms with Gasteiger partial charge in [-0.1, -0.05) is 22.0 Å². The molecule has 1 unspecified atom stereocenters. The quantitative estimate of drug-likeness (QED) is 0.709. The lowest BCUT2D eigenvalue weighted by Gasteiger charge is -2.11. The number of alkyl halides is 1. The molecule has 0 saturated carbocycles. The minimum Gasteiger partial charge on any atom is -0.466 e. The topological polar surface area (TPSA) is 13.1 Å². The molecule has 0 saturated heterocycles. The first kappa shape index (κ1) is 14.3. The molecular formula is C15H15BrF2O. The molecule has 0 radical (unpaired) electrons. The van der Waals surface area contributed by atoms with E-state index in [0.717, 1.165) is 34.3 Å². The van der Waals surface area contributed by atoms with E-state index in [2.05, 4.69) is 15.9 Å². The zero-order valence-electron chi connectivity index (χ0n) is 11.1. The number of benzene rings is 1. The SMILES string of the molecule is Cc1oc(C)c(C(Br)Cc2ccc(F)c(F)c2)c1C. The van der Waals surface area contributed by atoms with Gasteiger partial charge in [-0.05, 0) is 50.5 Å². The first-order valence-corrected chi connectivity index (χ1v) is 6.96. The van der Waals surface area contributed by atoms with Gasteiger partial charge in [-0.15, -0.1) is 0 Å². The molecule has 0 fully saturated rings. The van der Waals surface area contributed by atoms with E-state index in [4.69, 9.17) is 4.42 Å². The van der Waals surface area contributed by atoms with Crippen molar-refractivity contribution in [1.29, 1.82) is 0 Å². The van der Waals surface area contributed by atoms with E-state index < -0.39 is 11.6 Å². The normalized spacial score (nSPS) is 12.7. The van der Waals surface area contributed by atoms with Crippen LogP contribution in [-0.2, 0) is 6.42 Å². The van der Waals surface area contributed by atoms with Crippen LogP contribution in [0.5, 0.6) is 0 Å². The molecule has 0 bridgehead atoms. The predicted molar refractivity (Wildman–Crippen MR) is 74.6 cm³/mol. The van der Waals surface area contributed by atoms with Crippen LogP contribution in [0.15, 0.2) is 22.6 Å². The van der Waals surface area contributed by atoms with Crippen LogP contribution in [0, 0.1) is 32.4 Å². The van der Waals surface area contributed by atoms with Gasteiger partial charge in [0.15, 0.2) is 11.6 Å². The molecule has 0 aliphatic rings. The zero-order chi connectivity index (χ0) is 14.2. The standard InChI is InChI=1S/C15H15BrF2O/c1-8-9(2)19-10(3)15(8)12(16)6-11-4-5-13(17)14(18)7-11/h4-5,7,12H,6H2,1-3H3. The van der Waals surface area contributed by atoms with Crippen LogP contribution in [-0.4, -0.2) is 0 Å². The molecule has 4 heteroatoms. The molecular weight excluding hydrogens is 314 g/mol. The van der Waals surface area contributed by atoms with Gasteiger partial charge < -0.3 is 4.42 Å². The highest BCUT2D eigenvalue weighted by Gasteiger charge is 2.19. The third-order valence-electron chi connectivity index (χ3n) is 3.33. The molecule has 0 aliphatic heterocycles. The van der Waals surface area contributed by atoms with Crippen molar-refractivity contribution in [3.63, 3.8) is 0 Å². The minimum absolute atomic E-state index is 0.0230. The fraction of sp³-hybridized carbons (Fsp3) is 0.333. The third kappa shape index (κ3) is 2.89. The average Bonchev–Trinajstić information content (AvgIpc) is 2.58. The van der Waals surface area contributed by atoms with E-state index in [1.54, 1.807) is 6.07 Å². The van der Waals surface area contributed by atoms with Gasteiger partial charge in [0.1, 0.15) is 11.5 Å². The molecule has 2 rings (SSSR count). The van der Waals surface area contributed by atoms with Gasteiger partial charge in [0.25, 0.3) is 0 Å². The van der Waals surface area contributed by atoms with Crippen LogP contribution in [0.4, 0.5) is 8.78 Å². The molecule has 1 atom stereocenters. The summed E-state index contributed by atoms with van der Waals surface area (Å²) in [6.45, 7) is 5.83. The Balaban J connectivity index is 2.25. The maximum Gasteiger partial charge on any atom is 0.159 e. The van der Waals surface area contributed by atoms with Crippen molar-refractivity contribution in [2.75, 3.05) is 0 Å². The van der Waals surface area contributed by atoms with Crippen molar-refractivity contribution in [2.24, 2.45) is 0 Å². The summed E-state index contributed by atoms with van der Waals surface area (Å²) in [5, 5.41) is 0. The van der Waals surface area contributed by atoms with Crippen LogP contribution >= 0.6 is 15.9 Å². The van der Waals surface area contributed by atoms with Gasteiger partial charge in [-0.3, -0.25) is 0 Å². The Morgan fingerprint density at radius 3 is 2.32 bits per heavy atom. The molecule has 1 aromatic carbocycles. The van der Waals surface area contributed by atoms with Gasteiger partial charge >= 0.3 is 0 Å². The summed E-state index contributed by atoms with van der Waals surface area (Å²) in [7, 11) is 0. The van der Waals surface area contributed by atoms with Gasteiger partial charge in [-0.25, -0.2) is 8.78 Å². The summed E-state index contributed by atoms with van der Waals surface area (Å²) in [6.07, 6.45) is 0.581. The number of halogens is 3. The largest absolute Gasteiger partial charge is 0.466 e. The highest BCUT2D eigenvalue weighted by Crippen LogP contribution is 2.35. The zero-order valence-corrected chi connectivity index (χ0v) is 12.6. The Morgan fingerprint density at radius 2 is 1.79 bits per heavy atom. The lowest BCUT2D eigenvalue weighted by molar-refractivity contribution is 0.499. The Morgan fingerprint density at radius 1 is 1.11 bits per heavy atom. The Labute approximate surface area is 119 Å². The number of aryl methyl sites for hydroxylation is 2. The van der Waals surface area contributed by atoms with E-state index in [0.29, 0.717) is 6.42 Å². The van der Waals surface area contributed by atoms with Gasteiger partial charge in [0.05, 0.1) is 0 Å². The fourth-order valence-electron chi connectivity index (χ4n) is 2.25. The van der Waals surface area contributed by atoms with Crippen LogP contribution < -0.4 is 0 Å². The van der Waals surface area contributed by atoms with Gasteiger partial charge in [0, 0.05) is 10.4 Å². The molecule has 1 aromatic heterocycles. The second kappa shape index (κ2) is 5.45. The Bertz CT molecular complexity index is 604. The molecule has 1 nitrogen and oxygen atoms in total. The lowest BCUT2D eigenvalue weighted by atomic mass is 10.0. The van der Waals surface area contributed by atoms with E-state index in [1.165, 1.54) is 6.07 Å². The molecule has 19 heavy (non-hydrogen) atoms. The lowest BCUT2D eigenvalue weighted by Crippen LogP contribution is -1.99. The third-order valence-corrected chi connectivity index (χ3v) is 4.11. The number of hydrogen-bond acceptors (Lipinski definition) is 1. The molecule has 0 aliphatic carbocycles. The molecule has 0 N–H and O–H groups in total. The molecule has 0 amide bonds.